The van der Waals surface area contributed by atoms with Gasteiger partial charge in [-0.3, -0.25) is 4.79 Å². The molecule has 0 aromatic heterocycles. The number of carbonyl (C=O) groups is 2. The number of alkyl carbamates (subject to hydrolysis) is 1. The molecule has 166 valence electrons. The number of fused-ring (bicyclic) bond motifs is 1. The predicted octanol–water partition coefficient (Wildman–Crippen LogP) is 3.57. The third kappa shape index (κ3) is 4.72. The smallest absolute Gasteiger partial charge is 0.407 e. The molecule has 7 heteroatoms. The van der Waals surface area contributed by atoms with Crippen LogP contribution in [0.25, 0.3) is 0 Å². The van der Waals surface area contributed by atoms with Crippen molar-refractivity contribution < 1.29 is 14.3 Å². The normalized spacial score (nSPS) is 25.0. The second kappa shape index (κ2) is 8.46. The van der Waals surface area contributed by atoms with Crippen LogP contribution in [0, 0.1) is 5.92 Å². The van der Waals surface area contributed by atoms with E-state index in [-0.39, 0.29) is 36.0 Å². The molecule has 3 rings (SSSR count). The van der Waals surface area contributed by atoms with Gasteiger partial charge in [0.15, 0.2) is 0 Å². The Morgan fingerprint density at radius 3 is 2.37 bits per heavy atom. The van der Waals surface area contributed by atoms with Gasteiger partial charge in [0.2, 0.25) is 5.91 Å². The first kappa shape index (κ1) is 22.4. The second-order valence-corrected chi connectivity index (χ2v) is 9.67. The quantitative estimate of drug-likeness (QED) is 0.769. The minimum Gasteiger partial charge on any atom is -0.444 e. The molecule has 2 amide bonds. The minimum absolute atomic E-state index is 0.0456. The lowest BCUT2D eigenvalue weighted by molar-refractivity contribution is -0.117. The molecule has 1 aromatic carbocycles. The van der Waals surface area contributed by atoms with Gasteiger partial charge in [-0.25, -0.2) is 4.79 Å². The number of hydrogen-bond donors (Lipinski definition) is 2. The largest absolute Gasteiger partial charge is 0.444 e. The predicted molar refractivity (Wildman–Crippen MR) is 120 cm³/mol. The van der Waals surface area contributed by atoms with Crippen molar-refractivity contribution in [1.29, 1.82) is 0 Å². The Kier molecular flexibility index (Phi) is 6.32. The van der Waals surface area contributed by atoms with Crippen molar-refractivity contribution in [1.82, 2.24) is 5.32 Å². The summed E-state index contributed by atoms with van der Waals surface area (Å²) in [7, 11) is 0. The highest BCUT2D eigenvalue weighted by Gasteiger charge is 2.36. The lowest BCUT2D eigenvalue weighted by Crippen LogP contribution is -2.49. The summed E-state index contributed by atoms with van der Waals surface area (Å²) < 4.78 is 5.36. The van der Waals surface area contributed by atoms with Crippen LogP contribution < -0.4 is 20.9 Å². The fourth-order valence-electron chi connectivity index (χ4n) is 4.48. The molecule has 0 spiro atoms. The van der Waals surface area contributed by atoms with Crippen LogP contribution in [-0.2, 0) is 9.53 Å². The zero-order valence-electron chi connectivity index (χ0n) is 19.1. The molecule has 7 nitrogen and oxygen atoms in total. The Labute approximate surface area is 179 Å². The first-order valence-corrected chi connectivity index (χ1v) is 10.9. The van der Waals surface area contributed by atoms with Gasteiger partial charge >= 0.3 is 6.09 Å². The average Bonchev–Trinajstić information content (AvgIpc) is 2.65. The summed E-state index contributed by atoms with van der Waals surface area (Å²) >= 11 is 0. The summed E-state index contributed by atoms with van der Waals surface area (Å²) in [6.45, 7) is 13.1. The molecular weight excluding hydrogens is 380 g/mol. The van der Waals surface area contributed by atoms with Gasteiger partial charge in [0.25, 0.3) is 0 Å². The number of piperidine rings is 1. The second-order valence-electron chi connectivity index (χ2n) is 9.67. The van der Waals surface area contributed by atoms with E-state index in [2.05, 4.69) is 36.2 Å². The third-order valence-electron chi connectivity index (χ3n) is 6.28. The van der Waals surface area contributed by atoms with Crippen LogP contribution in [0.4, 0.5) is 16.2 Å². The van der Waals surface area contributed by atoms with E-state index in [1.165, 1.54) is 0 Å². The molecule has 1 saturated heterocycles. The summed E-state index contributed by atoms with van der Waals surface area (Å²) in [6, 6.07) is 6.33. The van der Waals surface area contributed by atoms with E-state index in [1.54, 1.807) is 6.92 Å². The number of anilines is 2. The minimum atomic E-state index is -0.491. The molecule has 1 unspecified atom stereocenters. The van der Waals surface area contributed by atoms with Crippen LogP contribution in [0.15, 0.2) is 18.2 Å². The van der Waals surface area contributed by atoms with Gasteiger partial charge in [-0.1, -0.05) is 6.92 Å². The van der Waals surface area contributed by atoms with Crippen LogP contribution in [-0.4, -0.2) is 42.8 Å². The van der Waals surface area contributed by atoms with Crippen molar-refractivity contribution in [3.05, 3.63) is 23.8 Å². The van der Waals surface area contributed by atoms with Crippen LogP contribution in [0.1, 0.15) is 66.0 Å². The zero-order valence-corrected chi connectivity index (χ0v) is 19.1. The van der Waals surface area contributed by atoms with Crippen molar-refractivity contribution >= 4 is 23.4 Å². The van der Waals surface area contributed by atoms with Crippen molar-refractivity contribution in [2.24, 2.45) is 11.7 Å². The van der Waals surface area contributed by atoms with Gasteiger partial charge in [-0.2, -0.15) is 0 Å². The molecule has 0 aliphatic carbocycles. The van der Waals surface area contributed by atoms with E-state index in [1.807, 2.05) is 31.7 Å². The van der Waals surface area contributed by atoms with E-state index in [0.29, 0.717) is 0 Å². The Hall–Kier alpha value is -2.28. The SMILES string of the molecule is CC(=O)N1c2ccc(N3CCC(NC(=O)OC(C)(C)C)CC3)cc2C(N)[C@@H](C)[C@@H]1C. The Bertz CT molecular complexity index is 796. The topological polar surface area (TPSA) is 87.9 Å². The maximum Gasteiger partial charge on any atom is 0.407 e. The fraction of sp³-hybridized carbons (Fsp3) is 0.652. The first-order valence-electron chi connectivity index (χ1n) is 10.9. The van der Waals surface area contributed by atoms with Crippen molar-refractivity contribution in [2.45, 2.75) is 78.1 Å². The molecule has 2 aliphatic rings. The molecule has 2 heterocycles. The monoisotopic (exact) mass is 416 g/mol. The van der Waals surface area contributed by atoms with Gasteiger partial charge in [0, 0.05) is 49.5 Å². The number of carbonyl (C=O) groups excluding carboxylic acids is 2. The highest BCUT2D eigenvalue weighted by atomic mass is 16.6. The third-order valence-corrected chi connectivity index (χ3v) is 6.28. The highest BCUT2D eigenvalue weighted by Crippen LogP contribution is 2.41. The average molecular weight is 417 g/mol. The summed E-state index contributed by atoms with van der Waals surface area (Å²) in [6.07, 6.45) is 1.36. The first-order chi connectivity index (χ1) is 14.0. The molecule has 1 aromatic rings. The molecule has 1 fully saturated rings. The van der Waals surface area contributed by atoms with E-state index in [9.17, 15) is 9.59 Å². The zero-order chi connectivity index (χ0) is 22.2. The number of hydrogen-bond acceptors (Lipinski definition) is 5. The fourth-order valence-corrected chi connectivity index (χ4v) is 4.48. The van der Waals surface area contributed by atoms with Crippen molar-refractivity contribution in [3.63, 3.8) is 0 Å². The number of amides is 2. The lowest BCUT2D eigenvalue weighted by atomic mass is 9.83. The maximum atomic E-state index is 12.3. The van der Waals surface area contributed by atoms with Gasteiger partial charge < -0.3 is 25.6 Å². The van der Waals surface area contributed by atoms with Crippen molar-refractivity contribution in [2.75, 3.05) is 22.9 Å². The van der Waals surface area contributed by atoms with Gasteiger partial charge in [0.1, 0.15) is 5.60 Å². The molecule has 3 atom stereocenters. The number of nitrogens with zero attached hydrogens (tertiary/aromatic N) is 2. The summed E-state index contributed by atoms with van der Waals surface area (Å²) in [4.78, 5) is 28.5. The Morgan fingerprint density at radius 2 is 1.80 bits per heavy atom. The maximum absolute atomic E-state index is 12.3. The van der Waals surface area contributed by atoms with Crippen LogP contribution in [0.2, 0.25) is 0 Å². The molecule has 3 N–H and O–H groups in total. The van der Waals surface area contributed by atoms with Gasteiger partial charge in [0.05, 0.1) is 0 Å². The summed E-state index contributed by atoms with van der Waals surface area (Å²) in [5, 5.41) is 2.98. The summed E-state index contributed by atoms with van der Waals surface area (Å²) in [5.74, 6) is 0.227. The molecular formula is C23H36N4O3. The van der Waals surface area contributed by atoms with Gasteiger partial charge in [-0.05, 0) is 70.2 Å². The van der Waals surface area contributed by atoms with Crippen LogP contribution in [0.3, 0.4) is 0 Å². The molecule has 0 bridgehead atoms. The van der Waals surface area contributed by atoms with Gasteiger partial charge in [-0.15, -0.1) is 0 Å². The highest BCUT2D eigenvalue weighted by molar-refractivity contribution is 5.94. The number of nitrogens with one attached hydrogen (secondary N) is 1. The van der Waals surface area contributed by atoms with Crippen molar-refractivity contribution in [3.8, 4) is 0 Å². The van der Waals surface area contributed by atoms with E-state index in [0.717, 1.165) is 42.9 Å². The van der Waals surface area contributed by atoms with E-state index >= 15 is 0 Å². The Balaban J connectivity index is 1.69. The number of benzene rings is 1. The Morgan fingerprint density at radius 1 is 1.17 bits per heavy atom. The molecule has 2 aliphatic heterocycles. The molecule has 0 saturated carbocycles. The summed E-state index contributed by atoms with van der Waals surface area (Å²) in [5.41, 5.74) is 9.13. The van der Waals surface area contributed by atoms with E-state index < -0.39 is 5.60 Å². The van der Waals surface area contributed by atoms with Crippen LogP contribution >= 0.6 is 0 Å². The number of ether oxygens (including phenoxy) is 1. The lowest BCUT2D eigenvalue weighted by Gasteiger charge is -2.43. The number of nitrogens with two attached hydrogens (primary N) is 1. The van der Waals surface area contributed by atoms with E-state index in [4.69, 9.17) is 10.5 Å². The molecule has 30 heavy (non-hydrogen) atoms. The van der Waals surface area contributed by atoms with Crippen LogP contribution in [0.5, 0.6) is 0 Å². The number of rotatable bonds is 2. The standard InChI is InChI=1S/C23H36N4O3/c1-14-15(2)27(16(3)28)20-8-7-18(13-19(20)21(14)24)26-11-9-17(10-12-26)25-22(29)30-23(4,5)6/h7-8,13-15,17,21H,9-12,24H2,1-6H3,(H,25,29)/t14-,15-,21?/m0/s1. The molecule has 0 radical (unpaired) electrons.